The molecule has 0 unspecified atom stereocenters. The standard InChI is InChI=1S/C12H21N3O2/c1-10(2)17-11(16)14-5-7-15(8-6-14)12(3,4)9-13/h10H,5-8H2,1-4H3. The summed E-state index contributed by atoms with van der Waals surface area (Å²) in [5, 5.41) is 9.04. The van der Waals surface area contributed by atoms with Crippen molar-refractivity contribution in [3.05, 3.63) is 0 Å². The Morgan fingerprint density at radius 3 is 2.24 bits per heavy atom. The summed E-state index contributed by atoms with van der Waals surface area (Å²) in [6, 6.07) is 2.28. The molecule has 0 aromatic rings. The van der Waals surface area contributed by atoms with E-state index in [1.165, 1.54) is 0 Å². The van der Waals surface area contributed by atoms with Gasteiger partial charge in [0.05, 0.1) is 12.2 Å². The highest BCUT2D eigenvalue weighted by Gasteiger charge is 2.31. The second kappa shape index (κ2) is 5.37. The van der Waals surface area contributed by atoms with Gasteiger partial charge in [-0.2, -0.15) is 5.26 Å². The van der Waals surface area contributed by atoms with Crippen LogP contribution in [-0.4, -0.2) is 53.7 Å². The monoisotopic (exact) mass is 239 g/mol. The molecular weight excluding hydrogens is 218 g/mol. The van der Waals surface area contributed by atoms with Crippen LogP contribution in [0.1, 0.15) is 27.7 Å². The lowest BCUT2D eigenvalue weighted by Crippen LogP contribution is -2.55. The largest absolute Gasteiger partial charge is 0.447 e. The molecule has 1 heterocycles. The van der Waals surface area contributed by atoms with E-state index in [9.17, 15) is 4.79 Å². The maximum atomic E-state index is 11.7. The first-order valence-corrected chi connectivity index (χ1v) is 5.98. The predicted octanol–water partition coefficient (Wildman–Crippen LogP) is 1.45. The van der Waals surface area contributed by atoms with Crippen molar-refractivity contribution in [3.63, 3.8) is 0 Å². The van der Waals surface area contributed by atoms with Gasteiger partial charge in [-0.15, -0.1) is 0 Å². The fourth-order valence-electron chi connectivity index (χ4n) is 1.79. The predicted molar refractivity (Wildman–Crippen MR) is 64.5 cm³/mol. The molecule has 0 atom stereocenters. The van der Waals surface area contributed by atoms with Gasteiger partial charge in [-0.3, -0.25) is 4.90 Å². The number of carbonyl (C=O) groups excluding carboxylic acids is 1. The normalized spacial score (nSPS) is 18.0. The molecule has 17 heavy (non-hydrogen) atoms. The summed E-state index contributed by atoms with van der Waals surface area (Å²) in [7, 11) is 0. The molecule has 5 nitrogen and oxygen atoms in total. The van der Waals surface area contributed by atoms with Gasteiger partial charge < -0.3 is 9.64 Å². The number of piperazine rings is 1. The minimum absolute atomic E-state index is 0.0870. The first kappa shape index (κ1) is 13.8. The molecule has 0 bridgehead atoms. The first-order valence-electron chi connectivity index (χ1n) is 5.98. The van der Waals surface area contributed by atoms with Gasteiger partial charge in [0.15, 0.2) is 0 Å². The van der Waals surface area contributed by atoms with E-state index in [1.54, 1.807) is 4.90 Å². The third-order valence-corrected chi connectivity index (χ3v) is 2.94. The molecule has 0 radical (unpaired) electrons. The molecule has 1 aliphatic rings. The van der Waals surface area contributed by atoms with Crippen molar-refractivity contribution >= 4 is 6.09 Å². The number of hydrogen-bond donors (Lipinski definition) is 0. The molecule has 0 aromatic heterocycles. The molecular formula is C12H21N3O2. The highest BCUT2D eigenvalue weighted by molar-refractivity contribution is 5.67. The second-order valence-electron chi connectivity index (χ2n) is 5.08. The Hall–Kier alpha value is -1.28. The zero-order valence-electron chi connectivity index (χ0n) is 11.1. The van der Waals surface area contributed by atoms with Crippen LogP contribution in [0.2, 0.25) is 0 Å². The summed E-state index contributed by atoms with van der Waals surface area (Å²) in [5.74, 6) is 0. The van der Waals surface area contributed by atoms with E-state index in [-0.39, 0.29) is 12.2 Å². The van der Waals surface area contributed by atoms with Gasteiger partial charge in [-0.05, 0) is 27.7 Å². The van der Waals surface area contributed by atoms with Gasteiger partial charge >= 0.3 is 6.09 Å². The van der Waals surface area contributed by atoms with E-state index < -0.39 is 5.54 Å². The molecule has 1 amide bonds. The van der Waals surface area contributed by atoms with Crippen LogP contribution in [0.25, 0.3) is 0 Å². The molecule has 0 saturated carbocycles. The van der Waals surface area contributed by atoms with Gasteiger partial charge in [-0.1, -0.05) is 0 Å². The Bertz CT molecular complexity index is 312. The van der Waals surface area contributed by atoms with Gasteiger partial charge in [0, 0.05) is 26.2 Å². The fraction of sp³-hybridized carbons (Fsp3) is 0.833. The van der Waals surface area contributed by atoms with Crippen LogP contribution in [0, 0.1) is 11.3 Å². The van der Waals surface area contributed by atoms with Crippen molar-refractivity contribution in [2.75, 3.05) is 26.2 Å². The van der Waals surface area contributed by atoms with E-state index in [0.29, 0.717) is 26.2 Å². The average Bonchev–Trinajstić information content (AvgIpc) is 2.28. The molecule has 1 fully saturated rings. The third-order valence-electron chi connectivity index (χ3n) is 2.94. The Morgan fingerprint density at radius 2 is 1.82 bits per heavy atom. The lowest BCUT2D eigenvalue weighted by atomic mass is 10.0. The minimum atomic E-state index is -0.464. The van der Waals surface area contributed by atoms with Gasteiger partial charge in [0.25, 0.3) is 0 Å². The number of nitriles is 1. The van der Waals surface area contributed by atoms with E-state index in [0.717, 1.165) is 0 Å². The number of hydrogen-bond acceptors (Lipinski definition) is 4. The van der Waals surface area contributed by atoms with E-state index in [1.807, 2.05) is 27.7 Å². The SMILES string of the molecule is CC(C)OC(=O)N1CCN(C(C)(C)C#N)CC1. The highest BCUT2D eigenvalue weighted by atomic mass is 16.6. The fourth-order valence-corrected chi connectivity index (χ4v) is 1.79. The molecule has 1 rings (SSSR count). The third kappa shape index (κ3) is 3.60. The van der Waals surface area contributed by atoms with Crippen molar-refractivity contribution < 1.29 is 9.53 Å². The molecule has 0 N–H and O–H groups in total. The molecule has 96 valence electrons. The van der Waals surface area contributed by atoms with Crippen LogP contribution in [0.4, 0.5) is 4.79 Å². The second-order valence-corrected chi connectivity index (χ2v) is 5.08. The first-order chi connectivity index (χ1) is 7.86. The van der Waals surface area contributed by atoms with E-state index in [2.05, 4.69) is 11.0 Å². The Labute approximate surface area is 103 Å². The zero-order valence-corrected chi connectivity index (χ0v) is 11.1. The maximum absolute atomic E-state index is 11.7. The van der Waals surface area contributed by atoms with E-state index >= 15 is 0 Å². The van der Waals surface area contributed by atoms with Crippen LogP contribution in [0.15, 0.2) is 0 Å². The number of carbonyl (C=O) groups is 1. The smallest absolute Gasteiger partial charge is 0.410 e. The van der Waals surface area contributed by atoms with Crippen LogP contribution in [0.5, 0.6) is 0 Å². The van der Waals surface area contributed by atoms with Crippen molar-refractivity contribution in [1.29, 1.82) is 5.26 Å². The van der Waals surface area contributed by atoms with Crippen molar-refractivity contribution in [2.45, 2.75) is 39.3 Å². The highest BCUT2D eigenvalue weighted by Crippen LogP contribution is 2.16. The summed E-state index contributed by atoms with van der Waals surface area (Å²) in [6.45, 7) is 10.2. The maximum Gasteiger partial charge on any atom is 0.410 e. The number of ether oxygens (including phenoxy) is 1. The average molecular weight is 239 g/mol. The van der Waals surface area contributed by atoms with Gasteiger partial charge in [-0.25, -0.2) is 4.79 Å². The van der Waals surface area contributed by atoms with Crippen molar-refractivity contribution in [1.82, 2.24) is 9.80 Å². The Balaban J connectivity index is 2.47. The topological polar surface area (TPSA) is 56.6 Å². The zero-order chi connectivity index (χ0) is 13.1. The summed E-state index contributed by atoms with van der Waals surface area (Å²) in [6.07, 6.45) is -0.342. The van der Waals surface area contributed by atoms with Crippen molar-refractivity contribution in [2.24, 2.45) is 0 Å². The van der Waals surface area contributed by atoms with Gasteiger partial charge in [0.1, 0.15) is 5.54 Å². The molecule has 0 spiro atoms. The summed E-state index contributed by atoms with van der Waals surface area (Å²) < 4.78 is 5.14. The summed E-state index contributed by atoms with van der Waals surface area (Å²) >= 11 is 0. The molecule has 0 aliphatic carbocycles. The minimum Gasteiger partial charge on any atom is -0.447 e. The molecule has 1 saturated heterocycles. The lowest BCUT2D eigenvalue weighted by Gasteiger charge is -2.40. The lowest BCUT2D eigenvalue weighted by molar-refractivity contribution is 0.0423. The van der Waals surface area contributed by atoms with E-state index in [4.69, 9.17) is 10.00 Å². The Kier molecular flexibility index (Phi) is 4.35. The Morgan fingerprint density at radius 1 is 1.29 bits per heavy atom. The quantitative estimate of drug-likeness (QED) is 0.732. The van der Waals surface area contributed by atoms with Gasteiger partial charge in [0.2, 0.25) is 0 Å². The number of rotatable bonds is 2. The summed E-state index contributed by atoms with van der Waals surface area (Å²) in [5.41, 5.74) is -0.464. The number of amides is 1. The number of nitrogens with zero attached hydrogens (tertiary/aromatic N) is 3. The molecule has 1 aliphatic heterocycles. The van der Waals surface area contributed by atoms with Crippen LogP contribution >= 0.6 is 0 Å². The van der Waals surface area contributed by atoms with Crippen molar-refractivity contribution in [3.8, 4) is 6.07 Å². The summed E-state index contributed by atoms with van der Waals surface area (Å²) in [4.78, 5) is 15.4. The molecule has 0 aromatic carbocycles. The molecule has 5 heteroatoms. The van der Waals surface area contributed by atoms with Crippen LogP contribution < -0.4 is 0 Å². The van der Waals surface area contributed by atoms with Crippen LogP contribution in [-0.2, 0) is 4.74 Å². The van der Waals surface area contributed by atoms with Crippen LogP contribution in [0.3, 0.4) is 0 Å².